The molecule has 1 fully saturated rings. The van der Waals surface area contributed by atoms with Gasteiger partial charge in [-0.3, -0.25) is 0 Å². The molecule has 1 aromatic heterocycles. The van der Waals surface area contributed by atoms with Gasteiger partial charge in [-0.05, 0) is 30.7 Å². The second-order valence-electron chi connectivity index (χ2n) is 6.66. The van der Waals surface area contributed by atoms with Gasteiger partial charge in [0.2, 0.25) is 0 Å². The van der Waals surface area contributed by atoms with Crippen molar-refractivity contribution >= 4 is 5.82 Å². The van der Waals surface area contributed by atoms with E-state index >= 15 is 0 Å². The summed E-state index contributed by atoms with van der Waals surface area (Å²) in [6.45, 7) is 1.78. The Morgan fingerprint density at radius 1 is 0.893 bits per heavy atom. The monoisotopic (exact) mass is 379 g/mol. The molecular formula is C22H22FN3O2. The molecule has 6 heteroatoms. The van der Waals surface area contributed by atoms with Crippen LogP contribution in [-0.2, 0) is 15.3 Å². The summed E-state index contributed by atoms with van der Waals surface area (Å²) in [5.74, 6) is -0.335. The Morgan fingerprint density at radius 3 is 2.32 bits per heavy atom. The fourth-order valence-electron chi connectivity index (χ4n) is 3.34. The molecule has 1 aliphatic rings. The first kappa shape index (κ1) is 18.5. The van der Waals surface area contributed by atoms with E-state index in [1.54, 1.807) is 12.1 Å². The van der Waals surface area contributed by atoms with Crippen LogP contribution in [-0.4, -0.2) is 30.0 Å². The molecule has 0 spiro atoms. The van der Waals surface area contributed by atoms with E-state index in [0.29, 0.717) is 26.2 Å². The third kappa shape index (κ3) is 4.18. The predicted molar refractivity (Wildman–Crippen MR) is 105 cm³/mol. The molecule has 0 saturated carbocycles. The molecule has 1 aliphatic heterocycles. The first-order valence-electron chi connectivity index (χ1n) is 9.42. The molecule has 5 nitrogen and oxygen atoms in total. The van der Waals surface area contributed by atoms with Crippen LogP contribution < -0.4 is 5.32 Å². The van der Waals surface area contributed by atoms with Crippen molar-refractivity contribution in [2.75, 3.05) is 25.1 Å². The average Bonchev–Trinajstić information content (AvgIpc) is 3.23. The average molecular weight is 379 g/mol. The Hall–Kier alpha value is -2.83. The van der Waals surface area contributed by atoms with Crippen molar-refractivity contribution < 1.29 is 13.9 Å². The molecule has 0 atom stereocenters. The Morgan fingerprint density at radius 2 is 1.64 bits per heavy atom. The lowest BCUT2D eigenvalue weighted by Crippen LogP contribution is -2.28. The summed E-state index contributed by atoms with van der Waals surface area (Å²) in [4.78, 5) is 0. The number of nitrogens with zero attached hydrogens (tertiary/aromatic N) is 2. The van der Waals surface area contributed by atoms with Crippen molar-refractivity contribution in [3.8, 4) is 11.3 Å². The number of benzene rings is 2. The van der Waals surface area contributed by atoms with Crippen molar-refractivity contribution in [1.82, 2.24) is 10.2 Å². The number of aromatic nitrogens is 2. The Labute approximate surface area is 163 Å². The van der Waals surface area contributed by atoms with Gasteiger partial charge in [0.05, 0.1) is 18.9 Å². The number of nitrogens with one attached hydrogen (secondary N) is 1. The molecule has 0 aliphatic carbocycles. The molecule has 144 valence electrons. The van der Waals surface area contributed by atoms with Gasteiger partial charge in [0.1, 0.15) is 11.6 Å². The minimum absolute atomic E-state index is 0.268. The topological polar surface area (TPSA) is 56.3 Å². The number of anilines is 1. The first-order valence-corrected chi connectivity index (χ1v) is 9.42. The fraction of sp³-hybridized carbons (Fsp3) is 0.273. The first-order chi connectivity index (χ1) is 13.8. The molecular weight excluding hydrogens is 357 g/mol. The molecule has 2 heterocycles. The van der Waals surface area contributed by atoms with Gasteiger partial charge in [-0.15, -0.1) is 10.2 Å². The van der Waals surface area contributed by atoms with E-state index in [4.69, 9.17) is 9.47 Å². The highest BCUT2D eigenvalue weighted by molar-refractivity contribution is 5.59. The van der Waals surface area contributed by atoms with E-state index in [0.717, 1.165) is 29.1 Å². The number of ether oxygens (including phenoxy) is 2. The predicted octanol–water partition coefficient (Wildman–Crippen LogP) is 4.37. The maximum absolute atomic E-state index is 13.2. The van der Waals surface area contributed by atoms with Gasteiger partial charge in [-0.25, -0.2) is 4.39 Å². The Kier molecular flexibility index (Phi) is 5.60. The van der Waals surface area contributed by atoms with Crippen molar-refractivity contribution in [2.45, 2.75) is 18.6 Å². The second kappa shape index (κ2) is 8.46. The van der Waals surface area contributed by atoms with Crippen LogP contribution >= 0.6 is 0 Å². The van der Waals surface area contributed by atoms with E-state index in [2.05, 4.69) is 15.5 Å². The highest BCUT2D eigenvalue weighted by Gasteiger charge is 2.37. The maximum Gasteiger partial charge on any atom is 0.195 e. The van der Waals surface area contributed by atoms with Crippen molar-refractivity contribution in [3.05, 3.63) is 78.1 Å². The molecule has 1 saturated heterocycles. The third-order valence-corrected chi connectivity index (χ3v) is 4.76. The quantitative estimate of drug-likeness (QED) is 0.618. The summed E-state index contributed by atoms with van der Waals surface area (Å²) < 4.78 is 25.0. The molecule has 1 N–H and O–H groups in total. The maximum atomic E-state index is 13.2. The van der Waals surface area contributed by atoms with Crippen molar-refractivity contribution in [3.63, 3.8) is 0 Å². The van der Waals surface area contributed by atoms with E-state index in [9.17, 15) is 4.39 Å². The standard InChI is InChI=1S/C22H22FN3O2/c23-19-9-7-18(8-10-19)22(27-15-16-28-22)13-4-14-24-21-12-11-20(25-26-21)17-5-2-1-3-6-17/h1-3,5-12H,4,13-16H2,(H,24,26). The zero-order valence-electron chi connectivity index (χ0n) is 15.5. The van der Waals surface area contributed by atoms with Gasteiger partial charge >= 0.3 is 0 Å². The van der Waals surface area contributed by atoms with E-state index in [-0.39, 0.29) is 5.82 Å². The minimum Gasteiger partial charge on any atom is -0.369 e. The lowest BCUT2D eigenvalue weighted by molar-refractivity contribution is -0.171. The SMILES string of the molecule is Fc1ccc(C2(CCCNc3ccc(-c4ccccc4)nn3)OCCO2)cc1. The van der Waals surface area contributed by atoms with Gasteiger partial charge in [0.15, 0.2) is 5.79 Å². The zero-order chi connectivity index (χ0) is 19.2. The van der Waals surface area contributed by atoms with Gasteiger partial charge in [-0.2, -0.15) is 0 Å². The van der Waals surface area contributed by atoms with Gasteiger partial charge in [-0.1, -0.05) is 42.5 Å². The number of rotatable bonds is 7. The summed E-state index contributed by atoms with van der Waals surface area (Å²) >= 11 is 0. The van der Waals surface area contributed by atoms with Crippen LogP contribution in [0.5, 0.6) is 0 Å². The summed E-state index contributed by atoms with van der Waals surface area (Å²) in [6.07, 6.45) is 1.47. The van der Waals surface area contributed by atoms with Crippen LogP contribution in [0.2, 0.25) is 0 Å². The number of hydrogen-bond acceptors (Lipinski definition) is 5. The molecule has 28 heavy (non-hydrogen) atoms. The Balaban J connectivity index is 1.32. The van der Waals surface area contributed by atoms with Crippen LogP contribution in [0.15, 0.2) is 66.7 Å². The van der Waals surface area contributed by atoms with Crippen LogP contribution in [0.4, 0.5) is 10.2 Å². The zero-order valence-corrected chi connectivity index (χ0v) is 15.5. The summed E-state index contributed by atoms with van der Waals surface area (Å²) in [5.41, 5.74) is 2.73. The van der Waals surface area contributed by atoms with Crippen LogP contribution in [0.25, 0.3) is 11.3 Å². The molecule has 0 radical (unpaired) electrons. The lowest BCUT2D eigenvalue weighted by atomic mass is 10.0. The molecule has 0 unspecified atom stereocenters. The summed E-state index contributed by atoms with van der Waals surface area (Å²) in [5, 5.41) is 11.8. The molecule has 0 bridgehead atoms. The normalized spacial score (nSPS) is 15.5. The van der Waals surface area contributed by atoms with E-state index < -0.39 is 5.79 Å². The van der Waals surface area contributed by atoms with Crippen LogP contribution in [0.3, 0.4) is 0 Å². The number of hydrogen-bond donors (Lipinski definition) is 1. The van der Waals surface area contributed by atoms with Gasteiger partial charge in [0.25, 0.3) is 0 Å². The molecule has 2 aromatic carbocycles. The highest BCUT2D eigenvalue weighted by atomic mass is 19.1. The molecule has 4 rings (SSSR count). The Bertz CT molecular complexity index is 880. The molecule has 3 aromatic rings. The minimum atomic E-state index is -0.793. The largest absolute Gasteiger partial charge is 0.369 e. The van der Waals surface area contributed by atoms with Gasteiger partial charge in [0, 0.05) is 24.1 Å². The second-order valence-corrected chi connectivity index (χ2v) is 6.66. The summed E-state index contributed by atoms with van der Waals surface area (Å²) in [7, 11) is 0. The van der Waals surface area contributed by atoms with E-state index in [1.807, 2.05) is 42.5 Å². The van der Waals surface area contributed by atoms with Crippen LogP contribution in [0, 0.1) is 5.82 Å². The van der Waals surface area contributed by atoms with Gasteiger partial charge < -0.3 is 14.8 Å². The lowest BCUT2D eigenvalue weighted by Gasteiger charge is -2.28. The smallest absolute Gasteiger partial charge is 0.195 e. The van der Waals surface area contributed by atoms with Crippen molar-refractivity contribution in [2.24, 2.45) is 0 Å². The number of halogens is 1. The van der Waals surface area contributed by atoms with E-state index in [1.165, 1.54) is 12.1 Å². The van der Waals surface area contributed by atoms with Crippen molar-refractivity contribution in [1.29, 1.82) is 0 Å². The molecule has 0 amide bonds. The fourth-order valence-corrected chi connectivity index (χ4v) is 3.34. The summed E-state index contributed by atoms with van der Waals surface area (Å²) in [6, 6.07) is 20.1. The highest BCUT2D eigenvalue weighted by Crippen LogP contribution is 2.36. The van der Waals surface area contributed by atoms with Crippen LogP contribution in [0.1, 0.15) is 18.4 Å². The third-order valence-electron chi connectivity index (χ3n) is 4.76.